The molecule has 5 rings (SSSR count). The summed E-state index contributed by atoms with van der Waals surface area (Å²) < 4.78 is 17.1. The first kappa shape index (κ1) is 21.5. The van der Waals surface area contributed by atoms with Crippen molar-refractivity contribution >= 4 is 50.0 Å². The van der Waals surface area contributed by atoms with E-state index in [9.17, 15) is 9.18 Å². The molecular formula is C23H18BrFN6OS. The zero-order chi connectivity index (χ0) is 22.9. The zero-order valence-corrected chi connectivity index (χ0v) is 19.9. The average Bonchev–Trinajstić information content (AvgIpc) is 3.51. The molecular weight excluding hydrogens is 507 g/mol. The van der Waals surface area contributed by atoms with Crippen molar-refractivity contribution in [3.8, 4) is 10.4 Å². The van der Waals surface area contributed by atoms with E-state index in [1.54, 1.807) is 45.2 Å². The molecule has 0 spiro atoms. The predicted molar refractivity (Wildman–Crippen MR) is 130 cm³/mol. The van der Waals surface area contributed by atoms with Crippen molar-refractivity contribution in [1.29, 1.82) is 0 Å². The highest BCUT2D eigenvalue weighted by molar-refractivity contribution is 9.10. The summed E-state index contributed by atoms with van der Waals surface area (Å²) in [4.78, 5) is 18.4. The molecule has 0 saturated heterocycles. The number of nitrogens with zero attached hydrogens (tertiary/aromatic N) is 5. The van der Waals surface area contributed by atoms with Crippen molar-refractivity contribution < 1.29 is 9.18 Å². The number of fused-ring (bicyclic) bond motifs is 1. The molecule has 0 aliphatic rings. The van der Waals surface area contributed by atoms with Crippen molar-refractivity contribution in [2.24, 2.45) is 0 Å². The number of rotatable bonds is 6. The molecule has 10 heteroatoms. The number of pyridine rings is 1. The largest absolute Gasteiger partial charge is 0.307 e. The molecule has 0 aliphatic carbocycles. The van der Waals surface area contributed by atoms with Crippen LogP contribution < -0.4 is 5.32 Å². The molecule has 5 aromatic rings. The van der Waals surface area contributed by atoms with E-state index >= 15 is 0 Å². The molecule has 1 N–H and O–H groups in total. The summed E-state index contributed by atoms with van der Waals surface area (Å²) in [5, 5.41) is 14.8. The molecule has 4 aromatic heterocycles. The number of aryl methyl sites for hydroxylation is 1. The van der Waals surface area contributed by atoms with Gasteiger partial charge in [0.25, 0.3) is 0 Å². The molecule has 0 fully saturated rings. The highest BCUT2D eigenvalue weighted by Crippen LogP contribution is 2.32. The number of thiophene rings is 1. The summed E-state index contributed by atoms with van der Waals surface area (Å²) in [5.41, 5.74) is 3.44. The first-order valence-corrected chi connectivity index (χ1v) is 11.8. The van der Waals surface area contributed by atoms with Gasteiger partial charge in [0, 0.05) is 22.8 Å². The van der Waals surface area contributed by atoms with Crippen LogP contribution in [0.1, 0.15) is 11.3 Å². The van der Waals surface area contributed by atoms with Crippen molar-refractivity contribution in [3.05, 3.63) is 81.8 Å². The normalized spacial score (nSPS) is 11.2. The molecule has 166 valence electrons. The van der Waals surface area contributed by atoms with Crippen LogP contribution in [0.25, 0.3) is 21.5 Å². The van der Waals surface area contributed by atoms with Gasteiger partial charge in [0.2, 0.25) is 5.91 Å². The second-order valence-electron chi connectivity index (χ2n) is 7.48. The van der Waals surface area contributed by atoms with E-state index in [1.807, 2.05) is 24.4 Å². The Morgan fingerprint density at radius 3 is 2.76 bits per heavy atom. The minimum Gasteiger partial charge on any atom is -0.307 e. The van der Waals surface area contributed by atoms with Gasteiger partial charge in [0.1, 0.15) is 12.4 Å². The Morgan fingerprint density at radius 1 is 1.18 bits per heavy atom. The van der Waals surface area contributed by atoms with E-state index in [0.717, 1.165) is 27.1 Å². The Balaban J connectivity index is 1.34. The second-order valence-corrected chi connectivity index (χ2v) is 9.28. The summed E-state index contributed by atoms with van der Waals surface area (Å²) in [6.07, 6.45) is 3.50. The predicted octanol–water partition coefficient (Wildman–Crippen LogP) is 5.25. The van der Waals surface area contributed by atoms with Crippen LogP contribution in [0.15, 0.2) is 64.7 Å². The molecule has 0 saturated carbocycles. The number of halogens is 2. The molecule has 4 heterocycles. The van der Waals surface area contributed by atoms with Crippen LogP contribution in [0.3, 0.4) is 0 Å². The van der Waals surface area contributed by atoms with Crippen LogP contribution in [0.5, 0.6) is 0 Å². The highest BCUT2D eigenvalue weighted by atomic mass is 79.9. The average molecular weight is 525 g/mol. The number of amides is 1. The molecule has 1 aromatic carbocycles. The maximum atomic E-state index is 13.1. The molecule has 0 unspecified atom stereocenters. The topological polar surface area (TPSA) is 77.6 Å². The first-order valence-electron chi connectivity index (χ1n) is 10.1. The van der Waals surface area contributed by atoms with Crippen LogP contribution in [0, 0.1) is 12.7 Å². The summed E-state index contributed by atoms with van der Waals surface area (Å²) in [5.74, 6) is -0.148. The lowest BCUT2D eigenvalue weighted by atomic mass is 10.1. The van der Waals surface area contributed by atoms with E-state index in [2.05, 4.69) is 42.5 Å². The van der Waals surface area contributed by atoms with Crippen molar-refractivity contribution in [3.63, 3.8) is 0 Å². The monoisotopic (exact) mass is 524 g/mol. The fourth-order valence-corrected chi connectivity index (χ4v) is 4.85. The summed E-state index contributed by atoms with van der Waals surface area (Å²) in [6, 6.07) is 12.3. The molecule has 33 heavy (non-hydrogen) atoms. The van der Waals surface area contributed by atoms with Gasteiger partial charge >= 0.3 is 0 Å². The smallest absolute Gasteiger partial charge is 0.247 e. The van der Waals surface area contributed by atoms with Crippen LogP contribution in [-0.4, -0.2) is 30.5 Å². The minimum absolute atomic E-state index is 0.00248. The van der Waals surface area contributed by atoms with Gasteiger partial charge in [-0.15, -0.1) is 11.3 Å². The third-order valence-electron chi connectivity index (χ3n) is 5.12. The van der Waals surface area contributed by atoms with Crippen LogP contribution >= 0.6 is 27.3 Å². The third-order valence-corrected chi connectivity index (χ3v) is 6.60. The lowest BCUT2D eigenvalue weighted by Crippen LogP contribution is -2.20. The van der Waals surface area contributed by atoms with Crippen molar-refractivity contribution in [2.45, 2.75) is 20.0 Å². The van der Waals surface area contributed by atoms with Gasteiger partial charge in [0.15, 0.2) is 11.5 Å². The number of carbonyl (C=O) groups is 1. The number of nitrogens with one attached hydrogen (secondary N) is 1. The third kappa shape index (κ3) is 4.44. The van der Waals surface area contributed by atoms with Crippen molar-refractivity contribution in [1.82, 2.24) is 24.5 Å². The number of aromatic nitrogens is 5. The van der Waals surface area contributed by atoms with Crippen molar-refractivity contribution in [2.75, 3.05) is 5.32 Å². The van der Waals surface area contributed by atoms with E-state index in [0.29, 0.717) is 22.5 Å². The number of hydrogen-bond donors (Lipinski definition) is 1. The Kier molecular flexibility index (Phi) is 5.77. The zero-order valence-electron chi connectivity index (χ0n) is 17.5. The number of carbonyl (C=O) groups excluding carboxylic acids is 1. The van der Waals surface area contributed by atoms with E-state index in [4.69, 9.17) is 0 Å². The lowest BCUT2D eigenvalue weighted by molar-refractivity contribution is -0.116. The summed E-state index contributed by atoms with van der Waals surface area (Å²) >= 11 is 5.09. The molecule has 0 aliphatic heterocycles. The Labute approximate surface area is 201 Å². The van der Waals surface area contributed by atoms with Crippen LogP contribution in [0.2, 0.25) is 0 Å². The van der Waals surface area contributed by atoms with Gasteiger partial charge in [-0.1, -0.05) is 18.2 Å². The molecule has 0 radical (unpaired) electrons. The molecule has 0 bridgehead atoms. The Hall–Kier alpha value is -3.37. The maximum Gasteiger partial charge on any atom is 0.247 e. The number of hydrogen-bond acceptors (Lipinski definition) is 5. The number of anilines is 1. The molecule has 1 amide bonds. The summed E-state index contributed by atoms with van der Waals surface area (Å²) in [6.45, 7) is 2.37. The standard InChI is InChI=1S/C23H18BrFN6OS/c1-14-21-17(19-3-2-10-33-19)8-9-26-23(21)31(28-14)13-20(32)27-22-18(24)12-30(29-22)11-15-4-6-16(25)7-5-15/h2-10,12H,11,13H2,1H3,(H,27,29,32). The van der Waals surface area contributed by atoms with E-state index in [-0.39, 0.29) is 18.3 Å². The minimum atomic E-state index is -0.285. The van der Waals surface area contributed by atoms with Gasteiger partial charge in [-0.25, -0.2) is 14.1 Å². The lowest BCUT2D eigenvalue weighted by Gasteiger charge is -2.05. The van der Waals surface area contributed by atoms with E-state index < -0.39 is 0 Å². The molecule has 0 atom stereocenters. The quantitative estimate of drug-likeness (QED) is 0.329. The summed E-state index contributed by atoms with van der Waals surface area (Å²) in [7, 11) is 0. The van der Waals surface area contributed by atoms with Gasteiger partial charge in [-0.05, 0) is 58.1 Å². The van der Waals surface area contributed by atoms with Gasteiger partial charge < -0.3 is 5.32 Å². The highest BCUT2D eigenvalue weighted by Gasteiger charge is 2.17. The number of benzene rings is 1. The molecule has 7 nitrogen and oxygen atoms in total. The first-order chi connectivity index (χ1) is 16.0. The fourth-order valence-electron chi connectivity index (χ4n) is 3.68. The Morgan fingerprint density at radius 2 is 2.00 bits per heavy atom. The maximum absolute atomic E-state index is 13.1. The van der Waals surface area contributed by atoms with E-state index in [1.165, 1.54) is 12.1 Å². The SMILES string of the molecule is Cc1nn(CC(=O)Nc2nn(Cc3ccc(F)cc3)cc2Br)c2nccc(-c3cccs3)c12. The Bertz CT molecular complexity index is 1440. The van der Waals surface area contributed by atoms with Crippen LogP contribution in [-0.2, 0) is 17.9 Å². The van der Waals surface area contributed by atoms with Crippen LogP contribution in [0.4, 0.5) is 10.2 Å². The fraction of sp³-hybridized carbons (Fsp3) is 0.130. The second kappa shape index (κ2) is 8.87. The van der Waals surface area contributed by atoms with Gasteiger partial charge in [-0.3, -0.25) is 9.48 Å². The van der Waals surface area contributed by atoms with Gasteiger partial charge in [0.05, 0.1) is 22.1 Å². The van der Waals surface area contributed by atoms with Gasteiger partial charge in [-0.2, -0.15) is 10.2 Å².